The normalized spacial score (nSPS) is 14.1. The molecule has 1 aliphatic heterocycles. The molecule has 0 saturated heterocycles. The van der Waals surface area contributed by atoms with Gasteiger partial charge in [0.1, 0.15) is 18.2 Å². The fourth-order valence-electron chi connectivity index (χ4n) is 4.32. The van der Waals surface area contributed by atoms with E-state index in [4.69, 9.17) is 16.3 Å². The second-order valence-electron chi connectivity index (χ2n) is 8.21. The lowest BCUT2D eigenvalue weighted by molar-refractivity contribution is 0.219. The average molecular weight is 475 g/mol. The van der Waals surface area contributed by atoms with Gasteiger partial charge in [-0.25, -0.2) is 19.0 Å². The molecule has 0 bridgehead atoms. The molecule has 34 heavy (non-hydrogen) atoms. The third-order valence-electron chi connectivity index (χ3n) is 5.89. The number of aromatic nitrogens is 5. The van der Waals surface area contributed by atoms with Crippen LogP contribution in [-0.2, 0) is 13.1 Å². The SMILES string of the molecule is Fc1ccc2c(ccn2-c2cc(Cl)c3c(c2)CN(Cc2cnc(-n4cccn4)nc2)CCO3)c1. The van der Waals surface area contributed by atoms with Crippen molar-refractivity contribution < 1.29 is 9.13 Å². The van der Waals surface area contributed by atoms with Gasteiger partial charge >= 0.3 is 0 Å². The Morgan fingerprint density at radius 2 is 1.94 bits per heavy atom. The second-order valence-corrected chi connectivity index (χ2v) is 8.61. The lowest BCUT2D eigenvalue weighted by atomic mass is 10.1. The van der Waals surface area contributed by atoms with Crippen LogP contribution in [0.2, 0.25) is 5.02 Å². The van der Waals surface area contributed by atoms with Crippen LogP contribution in [0.1, 0.15) is 11.1 Å². The predicted octanol–water partition coefficient (Wildman–Crippen LogP) is 4.79. The third kappa shape index (κ3) is 3.91. The monoisotopic (exact) mass is 474 g/mol. The van der Waals surface area contributed by atoms with Crippen molar-refractivity contribution in [3.8, 4) is 17.4 Å². The van der Waals surface area contributed by atoms with Crippen LogP contribution in [0.15, 0.2) is 73.4 Å². The largest absolute Gasteiger partial charge is 0.490 e. The summed E-state index contributed by atoms with van der Waals surface area (Å²) in [5.41, 5.74) is 3.82. The fraction of sp³-hybridized carbons (Fsp3) is 0.160. The van der Waals surface area contributed by atoms with E-state index in [1.165, 1.54) is 12.1 Å². The van der Waals surface area contributed by atoms with Gasteiger partial charge in [0.2, 0.25) is 5.95 Å². The molecular formula is C25H20ClFN6O. The van der Waals surface area contributed by atoms with E-state index in [0.717, 1.165) is 34.3 Å². The lowest BCUT2D eigenvalue weighted by Gasteiger charge is -2.19. The summed E-state index contributed by atoms with van der Waals surface area (Å²) in [6, 6.07) is 12.5. The first kappa shape index (κ1) is 20.8. The van der Waals surface area contributed by atoms with E-state index in [1.54, 1.807) is 16.9 Å². The molecule has 6 rings (SSSR count). The van der Waals surface area contributed by atoms with Gasteiger partial charge in [0.05, 0.1) is 10.5 Å². The maximum Gasteiger partial charge on any atom is 0.250 e. The third-order valence-corrected chi connectivity index (χ3v) is 6.17. The minimum Gasteiger partial charge on any atom is -0.490 e. The molecule has 7 nitrogen and oxygen atoms in total. The van der Waals surface area contributed by atoms with Gasteiger partial charge in [0.15, 0.2) is 0 Å². The standard InChI is InChI=1S/C25H20ClFN6O/c26-22-12-21(32-7-4-18-10-20(27)2-3-23(18)32)11-19-16-31(8-9-34-24(19)22)15-17-13-28-25(29-14-17)33-6-1-5-30-33/h1-7,10-14H,8-9,15-16H2. The second kappa shape index (κ2) is 8.55. The predicted molar refractivity (Wildman–Crippen MR) is 127 cm³/mol. The Balaban J connectivity index is 1.28. The molecule has 5 aromatic rings. The van der Waals surface area contributed by atoms with Gasteiger partial charge in [-0.2, -0.15) is 5.10 Å². The van der Waals surface area contributed by atoms with Crippen LogP contribution in [0, 0.1) is 5.82 Å². The number of nitrogens with zero attached hydrogens (tertiary/aromatic N) is 6. The zero-order valence-electron chi connectivity index (χ0n) is 18.1. The van der Waals surface area contributed by atoms with E-state index < -0.39 is 0 Å². The highest BCUT2D eigenvalue weighted by Crippen LogP contribution is 2.35. The molecule has 0 radical (unpaired) electrons. The molecule has 4 heterocycles. The summed E-state index contributed by atoms with van der Waals surface area (Å²) in [6.45, 7) is 2.62. The van der Waals surface area contributed by atoms with Crippen molar-refractivity contribution >= 4 is 22.5 Å². The van der Waals surface area contributed by atoms with Crippen LogP contribution in [0.4, 0.5) is 4.39 Å². The molecule has 0 aliphatic carbocycles. The van der Waals surface area contributed by atoms with Gasteiger partial charge in [-0.05, 0) is 42.5 Å². The molecule has 0 spiro atoms. The number of hydrogen-bond donors (Lipinski definition) is 0. The van der Waals surface area contributed by atoms with Gasteiger partial charge < -0.3 is 9.30 Å². The number of hydrogen-bond acceptors (Lipinski definition) is 5. The van der Waals surface area contributed by atoms with Crippen LogP contribution in [0.3, 0.4) is 0 Å². The lowest BCUT2D eigenvalue weighted by Crippen LogP contribution is -2.25. The minimum atomic E-state index is -0.254. The van der Waals surface area contributed by atoms with Crippen molar-refractivity contribution in [3.63, 3.8) is 0 Å². The summed E-state index contributed by atoms with van der Waals surface area (Å²) in [6.07, 6.45) is 9.08. The van der Waals surface area contributed by atoms with Gasteiger partial charge in [0.25, 0.3) is 0 Å². The molecule has 0 atom stereocenters. The summed E-state index contributed by atoms with van der Waals surface area (Å²) in [5.74, 6) is 0.991. The highest BCUT2D eigenvalue weighted by atomic mass is 35.5. The van der Waals surface area contributed by atoms with E-state index in [1.807, 2.05) is 47.6 Å². The van der Waals surface area contributed by atoms with Crippen LogP contribution < -0.4 is 4.74 Å². The molecule has 9 heteroatoms. The molecule has 0 N–H and O–H groups in total. The number of halogens is 2. The van der Waals surface area contributed by atoms with Crippen LogP contribution in [0.5, 0.6) is 5.75 Å². The molecular weight excluding hydrogens is 455 g/mol. The van der Waals surface area contributed by atoms with Crippen molar-refractivity contribution in [2.75, 3.05) is 13.2 Å². The van der Waals surface area contributed by atoms with Gasteiger partial charge in [0, 0.05) is 72.8 Å². The highest BCUT2D eigenvalue weighted by Gasteiger charge is 2.20. The molecule has 2 aromatic carbocycles. The molecule has 0 fully saturated rings. The van der Waals surface area contributed by atoms with Gasteiger partial charge in [-0.3, -0.25) is 4.90 Å². The summed E-state index contributed by atoms with van der Waals surface area (Å²) in [4.78, 5) is 11.1. The first-order valence-corrected chi connectivity index (χ1v) is 11.3. The van der Waals surface area contributed by atoms with Crippen molar-refractivity contribution in [2.45, 2.75) is 13.1 Å². The Bertz CT molecular complexity index is 1470. The topological polar surface area (TPSA) is 61.0 Å². The fourth-order valence-corrected chi connectivity index (χ4v) is 4.60. The van der Waals surface area contributed by atoms with Crippen LogP contribution in [-0.4, -0.2) is 42.4 Å². The quantitative estimate of drug-likeness (QED) is 0.374. The Morgan fingerprint density at radius 1 is 1.06 bits per heavy atom. The summed E-state index contributed by atoms with van der Waals surface area (Å²) in [5, 5.41) is 5.56. The van der Waals surface area contributed by atoms with E-state index in [0.29, 0.717) is 36.4 Å². The van der Waals surface area contributed by atoms with Crippen molar-refractivity contribution in [1.29, 1.82) is 0 Å². The summed E-state index contributed by atoms with van der Waals surface area (Å²) in [7, 11) is 0. The number of benzene rings is 2. The van der Waals surface area contributed by atoms with E-state index in [2.05, 4.69) is 26.0 Å². The van der Waals surface area contributed by atoms with E-state index in [9.17, 15) is 4.39 Å². The average Bonchev–Trinajstić information content (AvgIpc) is 3.46. The Labute approximate surface area is 200 Å². The van der Waals surface area contributed by atoms with Crippen molar-refractivity contribution in [1.82, 2.24) is 29.2 Å². The van der Waals surface area contributed by atoms with Gasteiger partial charge in [-0.1, -0.05) is 11.6 Å². The Morgan fingerprint density at radius 3 is 2.76 bits per heavy atom. The van der Waals surface area contributed by atoms with Gasteiger partial charge in [-0.15, -0.1) is 0 Å². The Hall–Kier alpha value is -3.75. The smallest absolute Gasteiger partial charge is 0.250 e. The summed E-state index contributed by atoms with van der Waals surface area (Å²) >= 11 is 6.64. The number of ether oxygens (including phenoxy) is 1. The van der Waals surface area contributed by atoms with E-state index >= 15 is 0 Å². The van der Waals surface area contributed by atoms with E-state index in [-0.39, 0.29) is 5.82 Å². The van der Waals surface area contributed by atoms with Crippen molar-refractivity contribution in [2.24, 2.45) is 0 Å². The maximum absolute atomic E-state index is 13.6. The first-order valence-electron chi connectivity index (χ1n) is 10.9. The highest BCUT2D eigenvalue weighted by molar-refractivity contribution is 6.32. The maximum atomic E-state index is 13.6. The molecule has 3 aromatic heterocycles. The van der Waals surface area contributed by atoms with Crippen LogP contribution >= 0.6 is 11.6 Å². The number of rotatable bonds is 4. The summed E-state index contributed by atoms with van der Waals surface area (Å²) < 4.78 is 23.3. The molecule has 0 saturated carbocycles. The first-order chi connectivity index (χ1) is 16.6. The molecule has 170 valence electrons. The molecule has 0 amide bonds. The zero-order chi connectivity index (χ0) is 23.1. The zero-order valence-corrected chi connectivity index (χ0v) is 18.9. The number of fused-ring (bicyclic) bond motifs is 2. The molecule has 1 aliphatic rings. The van der Waals surface area contributed by atoms with Crippen molar-refractivity contribution in [3.05, 3.63) is 95.4 Å². The Kier molecular flexibility index (Phi) is 5.24. The van der Waals surface area contributed by atoms with Crippen LogP contribution in [0.25, 0.3) is 22.5 Å². The minimum absolute atomic E-state index is 0.254. The molecule has 0 unspecified atom stereocenters.